The minimum absolute atomic E-state index is 0.218. The Morgan fingerprint density at radius 3 is 1.15 bits per heavy atom. The van der Waals surface area contributed by atoms with Crippen molar-refractivity contribution in [3.63, 3.8) is 0 Å². The summed E-state index contributed by atoms with van der Waals surface area (Å²) >= 11 is 0. The molecule has 2 N–H and O–H groups in total. The molecule has 0 unspecified atom stereocenters. The molecule has 3 aliphatic rings. The van der Waals surface area contributed by atoms with Gasteiger partial charge in [-0.1, -0.05) is 0 Å². The normalized spacial score (nSPS) is 28.1. The van der Waals surface area contributed by atoms with E-state index in [2.05, 4.69) is 25.6 Å². The van der Waals surface area contributed by atoms with E-state index >= 15 is 0 Å². The lowest BCUT2D eigenvalue weighted by Crippen LogP contribution is -2.52. The van der Waals surface area contributed by atoms with Crippen LogP contribution in [0.5, 0.6) is 0 Å². The largest absolute Gasteiger partial charge is 0.337 e. The summed E-state index contributed by atoms with van der Waals surface area (Å²) < 4.78 is 0. The molecule has 4 amide bonds. The fourth-order valence-electron chi connectivity index (χ4n) is 6.50. The molecule has 3 saturated carbocycles. The van der Waals surface area contributed by atoms with Crippen molar-refractivity contribution in [2.45, 2.75) is 77.0 Å². The van der Waals surface area contributed by atoms with Crippen LogP contribution < -0.4 is 10.6 Å². The van der Waals surface area contributed by atoms with Gasteiger partial charge in [0.1, 0.15) is 0 Å². The first-order valence-corrected chi connectivity index (χ1v) is 15.0. The molecule has 0 heterocycles. The third-order valence-corrected chi connectivity index (χ3v) is 9.16. The van der Waals surface area contributed by atoms with Crippen molar-refractivity contribution in [1.29, 1.82) is 0 Å². The molecule has 3 aliphatic carbocycles. The molecule has 220 valence electrons. The van der Waals surface area contributed by atoms with Crippen molar-refractivity contribution in [2.24, 2.45) is 50.5 Å². The highest BCUT2D eigenvalue weighted by Crippen LogP contribution is 2.31. The van der Waals surface area contributed by atoms with Crippen molar-refractivity contribution in [3.8, 4) is 0 Å². The molecule has 0 aromatic rings. The molecule has 0 saturated heterocycles. The summed E-state index contributed by atoms with van der Waals surface area (Å²) in [6.45, 7) is 2.96. The van der Waals surface area contributed by atoms with Gasteiger partial charge in [0.15, 0.2) is 0 Å². The first-order valence-electron chi connectivity index (χ1n) is 15.0. The molecule has 0 bridgehead atoms. The van der Waals surface area contributed by atoms with Crippen LogP contribution in [0.25, 0.3) is 0 Å². The number of rotatable bonds is 12. The second-order valence-electron chi connectivity index (χ2n) is 11.9. The number of carbonyl (C=O) groups excluding carboxylic acids is 5. The fourth-order valence-corrected chi connectivity index (χ4v) is 6.50. The third kappa shape index (κ3) is 10.8. The summed E-state index contributed by atoms with van der Waals surface area (Å²) in [5, 5.41) is 6.04. The Kier molecular flexibility index (Phi) is 13.8. The van der Waals surface area contributed by atoms with Crippen LogP contribution in [0.2, 0.25) is 0 Å². The monoisotopic (exact) mass is 556 g/mol. The van der Waals surface area contributed by atoms with E-state index in [1.807, 2.05) is 0 Å². The van der Waals surface area contributed by atoms with Gasteiger partial charge in [0.05, 0.1) is 19.6 Å². The quantitative estimate of drug-likeness (QED) is 0.274. The van der Waals surface area contributed by atoms with Crippen molar-refractivity contribution in [1.82, 2.24) is 15.5 Å². The van der Waals surface area contributed by atoms with Gasteiger partial charge in [-0.25, -0.2) is 43.8 Å². The minimum Gasteiger partial charge on any atom is -0.337 e. The van der Waals surface area contributed by atoms with E-state index in [0.717, 1.165) is 77.0 Å². The van der Waals surface area contributed by atoms with Crippen LogP contribution in [-0.4, -0.2) is 74.5 Å². The topological polar surface area (TPSA) is 150 Å². The third-order valence-electron chi connectivity index (χ3n) is 9.16. The molecule has 3 rings (SSSR count). The summed E-state index contributed by atoms with van der Waals surface area (Å²) in [5.41, 5.74) is 0. The highest BCUT2D eigenvalue weighted by Gasteiger charge is 2.30. The lowest BCUT2D eigenvalue weighted by Gasteiger charge is -2.33. The highest BCUT2D eigenvalue weighted by molar-refractivity contribution is 5.93. The Morgan fingerprint density at radius 1 is 0.525 bits per heavy atom. The fraction of sp³-hybridized carbons (Fsp3) is 0.828. The Labute approximate surface area is 236 Å². The zero-order chi connectivity index (χ0) is 28.6. The van der Waals surface area contributed by atoms with E-state index in [1.165, 1.54) is 4.90 Å². The summed E-state index contributed by atoms with van der Waals surface area (Å²) in [4.78, 5) is 70.3. The van der Waals surface area contributed by atoms with E-state index in [9.17, 15) is 24.0 Å². The van der Waals surface area contributed by atoms with E-state index in [1.54, 1.807) is 18.2 Å². The zero-order valence-electron chi connectivity index (χ0n) is 23.5. The van der Waals surface area contributed by atoms with Gasteiger partial charge in [-0.15, -0.1) is 0 Å². The van der Waals surface area contributed by atoms with Gasteiger partial charge in [-0.05, 0) is 113 Å². The predicted molar refractivity (Wildman–Crippen MR) is 149 cm³/mol. The second-order valence-corrected chi connectivity index (χ2v) is 11.9. The number of amides is 4. The van der Waals surface area contributed by atoms with Gasteiger partial charge < -0.3 is 10.6 Å². The van der Waals surface area contributed by atoms with E-state index in [4.69, 9.17) is 0 Å². The van der Waals surface area contributed by atoms with Crippen LogP contribution >= 0.6 is 0 Å². The zero-order valence-corrected chi connectivity index (χ0v) is 23.5. The molecule has 0 aliphatic heterocycles. The Hall–Kier alpha value is -3.12. The molecule has 0 radical (unpaired) electrons. The van der Waals surface area contributed by atoms with Crippen LogP contribution in [0.4, 0.5) is 9.59 Å². The second kappa shape index (κ2) is 17.5. The average molecular weight is 557 g/mol. The average Bonchev–Trinajstić information content (AvgIpc) is 2.99. The number of hydrogen-bond acceptors (Lipinski definition) is 8. The van der Waals surface area contributed by atoms with Gasteiger partial charge in [0.25, 0.3) is 0 Å². The van der Waals surface area contributed by atoms with Crippen LogP contribution in [0.3, 0.4) is 0 Å². The van der Waals surface area contributed by atoms with Gasteiger partial charge in [-0.3, -0.25) is 0 Å². The Balaban J connectivity index is 1.50. The number of urea groups is 2. The standard InChI is InChI=1S/C29H44N6O5/c36-19-30-13-22-1-5-25(6-2-22)16-33-28(39)35(18-27-11-9-24(10-12-27)15-32-21-38)29(40)34-17-26-7-3-23(4-8-26)14-31-20-37/h22-27H,1-18H2,(H,33,39)(H,34,40). The molecule has 0 aromatic heterocycles. The number of imide groups is 1. The number of nitrogens with one attached hydrogen (secondary N) is 2. The number of aliphatic imine (C=N–C) groups is 3. The molecule has 11 nitrogen and oxygen atoms in total. The van der Waals surface area contributed by atoms with Crippen molar-refractivity contribution in [3.05, 3.63) is 0 Å². The summed E-state index contributed by atoms with van der Waals surface area (Å²) in [6.07, 6.45) is 16.2. The van der Waals surface area contributed by atoms with E-state index in [-0.39, 0.29) is 18.0 Å². The lowest BCUT2D eigenvalue weighted by molar-refractivity contribution is 0.162. The predicted octanol–water partition coefficient (Wildman–Crippen LogP) is 4.13. The van der Waals surface area contributed by atoms with Crippen LogP contribution in [0.1, 0.15) is 77.0 Å². The maximum atomic E-state index is 13.3. The first-order chi connectivity index (χ1) is 19.5. The maximum Gasteiger partial charge on any atom is 0.325 e. The van der Waals surface area contributed by atoms with Gasteiger partial charge in [0, 0.05) is 19.6 Å². The van der Waals surface area contributed by atoms with Gasteiger partial charge in [-0.2, -0.15) is 0 Å². The minimum atomic E-state index is -0.353. The van der Waals surface area contributed by atoms with Gasteiger partial charge >= 0.3 is 12.1 Å². The van der Waals surface area contributed by atoms with Crippen molar-refractivity contribution < 1.29 is 24.0 Å². The van der Waals surface area contributed by atoms with Crippen LogP contribution in [0.15, 0.2) is 15.0 Å². The lowest BCUT2D eigenvalue weighted by atomic mass is 9.81. The van der Waals surface area contributed by atoms with E-state index < -0.39 is 0 Å². The maximum absolute atomic E-state index is 13.3. The summed E-state index contributed by atoms with van der Waals surface area (Å²) in [5.74, 6) is 2.06. The Morgan fingerprint density at radius 2 is 0.825 bits per heavy atom. The number of nitrogens with zero attached hydrogens (tertiary/aromatic N) is 4. The number of hydrogen-bond donors (Lipinski definition) is 2. The first kappa shape index (κ1) is 31.4. The number of isocyanates is 3. The highest BCUT2D eigenvalue weighted by atomic mass is 16.2. The Bertz CT molecular complexity index is 892. The molecule has 40 heavy (non-hydrogen) atoms. The molecule has 3 fully saturated rings. The van der Waals surface area contributed by atoms with Crippen LogP contribution in [0, 0.1) is 35.5 Å². The van der Waals surface area contributed by atoms with Crippen LogP contribution in [-0.2, 0) is 14.4 Å². The molecule has 0 spiro atoms. The molecule has 11 heteroatoms. The van der Waals surface area contributed by atoms with Crippen molar-refractivity contribution >= 4 is 30.3 Å². The molecule has 0 atom stereocenters. The summed E-state index contributed by atoms with van der Waals surface area (Å²) in [6, 6.07) is -0.707. The van der Waals surface area contributed by atoms with Gasteiger partial charge in [0.2, 0.25) is 18.2 Å². The summed E-state index contributed by atoms with van der Waals surface area (Å²) in [7, 11) is 0. The smallest absolute Gasteiger partial charge is 0.325 e. The van der Waals surface area contributed by atoms with E-state index in [0.29, 0.717) is 68.9 Å². The van der Waals surface area contributed by atoms with Crippen molar-refractivity contribution in [2.75, 3.05) is 39.3 Å². The molecular weight excluding hydrogens is 512 g/mol. The number of carbonyl (C=O) groups is 2. The molecule has 0 aromatic carbocycles. The molecular formula is C29H44N6O5. The SMILES string of the molecule is O=C=NCC1CCC(CNC(=O)N(CC2CCC(CN=C=O)CC2)C(=O)NCC2CCC(CN=C=O)CC2)CC1.